The van der Waals surface area contributed by atoms with Crippen molar-refractivity contribution in [2.45, 2.75) is 25.6 Å². The van der Waals surface area contributed by atoms with Crippen molar-refractivity contribution in [3.63, 3.8) is 0 Å². The van der Waals surface area contributed by atoms with Crippen LogP contribution in [0.4, 0.5) is 5.69 Å². The fourth-order valence-corrected chi connectivity index (χ4v) is 2.83. The molecule has 2 saturated heterocycles. The lowest BCUT2D eigenvalue weighted by molar-refractivity contribution is -0.181. The second kappa shape index (κ2) is 5.07. The monoisotopic (exact) mass is 276 g/mol. The van der Waals surface area contributed by atoms with Gasteiger partial charge in [-0.15, -0.1) is 0 Å². The number of hydrogen-bond acceptors (Lipinski definition) is 4. The van der Waals surface area contributed by atoms with Gasteiger partial charge in [0.2, 0.25) is 0 Å². The Hall–Kier alpha value is -1.59. The number of carbonyl (C=O) groups excluding carboxylic acids is 1. The van der Waals surface area contributed by atoms with E-state index >= 15 is 0 Å². The van der Waals surface area contributed by atoms with Crippen LogP contribution in [0.5, 0.6) is 0 Å². The normalized spacial score (nSPS) is 21.4. The number of likely N-dealkylation sites (tertiary alicyclic amines) is 1. The van der Waals surface area contributed by atoms with Crippen LogP contribution in [0.25, 0.3) is 0 Å². The highest BCUT2D eigenvalue weighted by molar-refractivity contribution is 5.95. The highest BCUT2D eigenvalue weighted by Gasteiger charge is 2.40. The van der Waals surface area contributed by atoms with Gasteiger partial charge in [-0.05, 0) is 30.7 Å². The number of hydrogen-bond donors (Lipinski definition) is 1. The van der Waals surface area contributed by atoms with E-state index in [0.717, 1.165) is 18.4 Å². The van der Waals surface area contributed by atoms with Gasteiger partial charge in [-0.3, -0.25) is 4.79 Å². The summed E-state index contributed by atoms with van der Waals surface area (Å²) in [4.78, 5) is 14.3. The number of nitrogens with two attached hydrogens (primary N) is 1. The fourth-order valence-electron chi connectivity index (χ4n) is 2.83. The Morgan fingerprint density at radius 1 is 1.25 bits per heavy atom. The van der Waals surface area contributed by atoms with E-state index in [1.165, 1.54) is 0 Å². The molecule has 1 aromatic carbocycles. The summed E-state index contributed by atoms with van der Waals surface area (Å²) in [5.74, 6) is -0.380. The van der Waals surface area contributed by atoms with Crippen molar-refractivity contribution >= 4 is 11.6 Å². The number of amides is 1. The van der Waals surface area contributed by atoms with Crippen LogP contribution in [-0.4, -0.2) is 42.9 Å². The molecule has 0 radical (unpaired) electrons. The van der Waals surface area contributed by atoms with Gasteiger partial charge in [-0.1, -0.05) is 0 Å². The molecule has 3 rings (SSSR count). The number of piperidine rings is 1. The first kappa shape index (κ1) is 13.4. The smallest absolute Gasteiger partial charge is 0.253 e. The molecule has 2 aliphatic heterocycles. The molecule has 5 nitrogen and oxygen atoms in total. The molecule has 108 valence electrons. The first-order valence-electron chi connectivity index (χ1n) is 7.03. The maximum absolute atomic E-state index is 12.5. The summed E-state index contributed by atoms with van der Waals surface area (Å²) in [7, 11) is 0. The van der Waals surface area contributed by atoms with E-state index in [9.17, 15) is 4.79 Å². The maximum Gasteiger partial charge on any atom is 0.253 e. The van der Waals surface area contributed by atoms with Gasteiger partial charge in [0, 0.05) is 37.2 Å². The van der Waals surface area contributed by atoms with Gasteiger partial charge in [0.1, 0.15) is 0 Å². The molecule has 0 atom stereocenters. The van der Waals surface area contributed by atoms with Gasteiger partial charge in [-0.2, -0.15) is 0 Å². The number of anilines is 1. The molecule has 5 heteroatoms. The van der Waals surface area contributed by atoms with E-state index in [2.05, 4.69) is 0 Å². The minimum Gasteiger partial charge on any atom is -0.399 e. The highest BCUT2D eigenvalue weighted by Crippen LogP contribution is 2.31. The van der Waals surface area contributed by atoms with Crippen LogP contribution in [0.3, 0.4) is 0 Å². The fraction of sp³-hybridized carbons (Fsp3) is 0.533. The molecule has 2 fully saturated rings. The van der Waals surface area contributed by atoms with Crippen molar-refractivity contribution in [1.29, 1.82) is 0 Å². The molecular weight excluding hydrogens is 256 g/mol. The zero-order chi connectivity index (χ0) is 14.2. The van der Waals surface area contributed by atoms with E-state index in [0.29, 0.717) is 37.6 Å². The van der Waals surface area contributed by atoms with E-state index in [4.69, 9.17) is 15.2 Å². The summed E-state index contributed by atoms with van der Waals surface area (Å²) in [5.41, 5.74) is 8.13. The van der Waals surface area contributed by atoms with Crippen molar-refractivity contribution in [2.75, 3.05) is 32.0 Å². The van der Waals surface area contributed by atoms with Crippen LogP contribution in [0.15, 0.2) is 18.2 Å². The molecule has 0 saturated carbocycles. The summed E-state index contributed by atoms with van der Waals surface area (Å²) in [6.07, 6.45) is 1.49. The van der Waals surface area contributed by atoms with Crippen molar-refractivity contribution in [3.8, 4) is 0 Å². The first-order valence-corrected chi connectivity index (χ1v) is 7.03. The van der Waals surface area contributed by atoms with Crippen molar-refractivity contribution in [2.24, 2.45) is 0 Å². The predicted molar refractivity (Wildman–Crippen MR) is 75.4 cm³/mol. The molecule has 20 heavy (non-hydrogen) atoms. The predicted octanol–water partition coefficient (Wildman–Crippen LogP) is 1.56. The second-order valence-corrected chi connectivity index (χ2v) is 5.47. The molecule has 1 amide bonds. The highest BCUT2D eigenvalue weighted by atomic mass is 16.7. The maximum atomic E-state index is 12.5. The van der Waals surface area contributed by atoms with Crippen LogP contribution in [0, 0.1) is 6.92 Å². The molecule has 2 aliphatic rings. The van der Waals surface area contributed by atoms with Gasteiger partial charge in [0.05, 0.1) is 13.2 Å². The van der Waals surface area contributed by atoms with Crippen molar-refractivity contribution in [1.82, 2.24) is 4.90 Å². The molecular formula is C15H20N2O3. The van der Waals surface area contributed by atoms with E-state index < -0.39 is 5.79 Å². The summed E-state index contributed by atoms with van der Waals surface area (Å²) in [6, 6.07) is 5.43. The molecule has 2 N–H and O–H groups in total. The van der Waals surface area contributed by atoms with Crippen LogP contribution >= 0.6 is 0 Å². The van der Waals surface area contributed by atoms with Gasteiger partial charge < -0.3 is 20.1 Å². The number of carbonyl (C=O) groups is 1. The molecule has 0 aliphatic carbocycles. The quantitative estimate of drug-likeness (QED) is 0.791. The third-order valence-corrected chi connectivity index (χ3v) is 4.14. The summed E-state index contributed by atoms with van der Waals surface area (Å²) >= 11 is 0. The summed E-state index contributed by atoms with van der Waals surface area (Å²) < 4.78 is 11.3. The zero-order valence-electron chi connectivity index (χ0n) is 11.7. The Bertz CT molecular complexity index is 514. The standard InChI is InChI=1S/C15H20N2O3/c1-11-10-12(2-3-13(11)16)14(18)17-6-4-15(5-7-17)19-8-9-20-15/h2-3,10H,4-9,16H2,1H3. The number of benzene rings is 1. The van der Waals surface area contributed by atoms with Gasteiger partial charge in [0.25, 0.3) is 5.91 Å². The Labute approximate surface area is 118 Å². The number of ether oxygens (including phenoxy) is 2. The Balaban J connectivity index is 1.68. The topological polar surface area (TPSA) is 64.8 Å². The third-order valence-electron chi connectivity index (χ3n) is 4.14. The number of nitrogens with zero attached hydrogens (tertiary/aromatic N) is 1. The molecule has 1 aromatic rings. The molecule has 0 unspecified atom stereocenters. The Morgan fingerprint density at radius 2 is 1.90 bits per heavy atom. The lowest BCUT2D eigenvalue weighted by Crippen LogP contribution is -2.47. The van der Waals surface area contributed by atoms with Crippen molar-refractivity contribution in [3.05, 3.63) is 29.3 Å². The van der Waals surface area contributed by atoms with Crippen molar-refractivity contribution < 1.29 is 14.3 Å². The molecule has 2 heterocycles. The average Bonchev–Trinajstić information content (AvgIpc) is 2.90. The lowest BCUT2D eigenvalue weighted by atomic mass is 10.0. The van der Waals surface area contributed by atoms with Gasteiger partial charge in [-0.25, -0.2) is 0 Å². The second-order valence-electron chi connectivity index (χ2n) is 5.47. The largest absolute Gasteiger partial charge is 0.399 e. The molecule has 0 aromatic heterocycles. The summed E-state index contributed by atoms with van der Waals surface area (Å²) in [5, 5.41) is 0. The SMILES string of the molecule is Cc1cc(C(=O)N2CCC3(CC2)OCCO3)ccc1N. The number of aryl methyl sites for hydroxylation is 1. The first-order chi connectivity index (χ1) is 9.60. The average molecular weight is 276 g/mol. The Kier molecular flexibility index (Phi) is 3.40. The van der Waals surface area contributed by atoms with Gasteiger partial charge in [0.15, 0.2) is 5.79 Å². The number of rotatable bonds is 1. The van der Waals surface area contributed by atoms with Gasteiger partial charge >= 0.3 is 0 Å². The minimum absolute atomic E-state index is 0.0564. The number of nitrogen functional groups attached to an aromatic ring is 1. The lowest BCUT2D eigenvalue weighted by Gasteiger charge is -2.37. The molecule has 1 spiro atoms. The van der Waals surface area contributed by atoms with Crippen LogP contribution in [0.2, 0.25) is 0 Å². The van der Waals surface area contributed by atoms with E-state index in [1.54, 1.807) is 12.1 Å². The Morgan fingerprint density at radius 3 is 2.50 bits per heavy atom. The minimum atomic E-state index is -0.437. The van der Waals surface area contributed by atoms with Crippen LogP contribution < -0.4 is 5.73 Å². The summed E-state index contributed by atoms with van der Waals surface area (Å²) in [6.45, 7) is 4.57. The van der Waals surface area contributed by atoms with E-state index in [-0.39, 0.29) is 5.91 Å². The zero-order valence-corrected chi connectivity index (χ0v) is 11.7. The van der Waals surface area contributed by atoms with Crippen LogP contribution in [0.1, 0.15) is 28.8 Å². The molecule has 0 bridgehead atoms. The third kappa shape index (κ3) is 2.39. The van der Waals surface area contributed by atoms with E-state index in [1.807, 2.05) is 17.9 Å². The van der Waals surface area contributed by atoms with Crippen LogP contribution in [-0.2, 0) is 9.47 Å².